The van der Waals surface area contributed by atoms with Crippen molar-refractivity contribution in [1.29, 1.82) is 0 Å². The first kappa shape index (κ1) is 18.0. The van der Waals surface area contributed by atoms with E-state index in [4.69, 9.17) is 4.74 Å². The van der Waals surface area contributed by atoms with Crippen LogP contribution < -0.4 is 10.1 Å². The molecule has 1 heterocycles. The lowest BCUT2D eigenvalue weighted by Gasteiger charge is -2.16. The molecular formula is C21H24N2O3. The molecule has 0 spiro atoms. The molecule has 5 heteroatoms. The topological polar surface area (TPSA) is 58.6 Å². The fraction of sp³-hybridized carbons (Fsp3) is 0.333. The number of hydrogen-bond donors (Lipinski definition) is 1. The van der Waals surface area contributed by atoms with Crippen molar-refractivity contribution in [3.8, 4) is 5.75 Å². The maximum absolute atomic E-state index is 12.4. The number of hydrogen-bond acceptors (Lipinski definition) is 3. The molecule has 1 unspecified atom stereocenters. The summed E-state index contributed by atoms with van der Waals surface area (Å²) >= 11 is 0. The average Bonchev–Trinajstić information content (AvgIpc) is 3.06. The predicted octanol–water partition coefficient (Wildman–Crippen LogP) is 2.40. The van der Waals surface area contributed by atoms with E-state index in [-0.39, 0.29) is 17.7 Å². The van der Waals surface area contributed by atoms with E-state index in [1.807, 2.05) is 54.6 Å². The van der Waals surface area contributed by atoms with E-state index < -0.39 is 0 Å². The van der Waals surface area contributed by atoms with Crippen LogP contribution in [0.3, 0.4) is 0 Å². The number of carbonyl (C=O) groups is 2. The van der Waals surface area contributed by atoms with Crippen LogP contribution in [0.5, 0.6) is 5.75 Å². The Morgan fingerprint density at radius 1 is 1.12 bits per heavy atom. The Bertz CT molecular complexity index is 744. The van der Waals surface area contributed by atoms with Crippen LogP contribution in [0.4, 0.5) is 0 Å². The van der Waals surface area contributed by atoms with Crippen molar-refractivity contribution in [3.63, 3.8) is 0 Å². The zero-order chi connectivity index (χ0) is 18.4. The Morgan fingerprint density at radius 2 is 1.85 bits per heavy atom. The number of likely N-dealkylation sites (tertiary alicyclic amines) is 1. The molecule has 1 saturated heterocycles. The molecule has 0 aliphatic carbocycles. The lowest BCUT2D eigenvalue weighted by molar-refractivity contribution is -0.129. The van der Waals surface area contributed by atoms with Gasteiger partial charge in [-0.3, -0.25) is 9.59 Å². The Hall–Kier alpha value is -2.82. The van der Waals surface area contributed by atoms with E-state index in [0.29, 0.717) is 26.1 Å². The molecule has 1 N–H and O–H groups in total. The van der Waals surface area contributed by atoms with Gasteiger partial charge in [0.2, 0.25) is 11.8 Å². The average molecular weight is 352 g/mol. The third-order valence-electron chi connectivity index (χ3n) is 4.72. The summed E-state index contributed by atoms with van der Waals surface area (Å²) in [5.74, 6) is 0.566. The highest BCUT2D eigenvalue weighted by atomic mass is 16.5. The van der Waals surface area contributed by atoms with Gasteiger partial charge in [-0.05, 0) is 29.7 Å². The van der Waals surface area contributed by atoms with Crippen LogP contribution in [0.15, 0.2) is 54.6 Å². The minimum Gasteiger partial charge on any atom is -0.497 e. The maximum atomic E-state index is 12.4. The molecule has 1 aliphatic rings. The second-order valence-corrected chi connectivity index (χ2v) is 6.54. The van der Waals surface area contributed by atoms with Gasteiger partial charge >= 0.3 is 0 Å². The summed E-state index contributed by atoms with van der Waals surface area (Å²) in [6.07, 6.45) is 1.07. The molecule has 0 aromatic heterocycles. The van der Waals surface area contributed by atoms with Gasteiger partial charge in [-0.1, -0.05) is 42.5 Å². The highest BCUT2D eigenvalue weighted by molar-refractivity contribution is 5.89. The van der Waals surface area contributed by atoms with E-state index in [9.17, 15) is 9.59 Å². The van der Waals surface area contributed by atoms with Crippen LogP contribution in [0.2, 0.25) is 0 Å². The van der Waals surface area contributed by atoms with Crippen LogP contribution in [-0.4, -0.2) is 36.9 Å². The summed E-state index contributed by atoms with van der Waals surface area (Å²) in [5.41, 5.74) is 2.21. The second kappa shape index (κ2) is 8.52. The van der Waals surface area contributed by atoms with Crippen molar-refractivity contribution < 1.29 is 14.3 Å². The first-order valence-electron chi connectivity index (χ1n) is 8.88. The number of amides is 2. The standard InChI is InChI=1S/C21H24N2O3/c1-26-19-9-7-16(8-10-19)11-12-23-15-18(13-20(23)24)21(25)22-14-17-5-3-2-4-6-17/h2-10,18H,11-15H2,1H3,(H,22,25). The second-order valence-electron chi connectivity index (χ2n) is 6.54. The lowest BCUT2D eigenvalue weighted by atomic mass is 10.1. The van der Waals surface area contributed by atoms with Gasteiger partial charge in [0.15, 0.2) is 0 Å². The maximum Gasteiger partial charge on any atom is 0.225 e. The quantitative estimate of drug-likeness (QED) is 0.832. The minimum atomic E-state index is -0.262. The van der Waals surface area contributed by atoms with Crippen molar-refractivity contribution in [2.45, 2.75) is 19.4 Å². The van der Waals surface area contributed by atoms with Gasteiger partial charge in [0.25, 0.3) is 0 Å². The van der Waals surface area contributed by atoms with Gasteiger partial charge in [-0.25, -0.2) is 0 Å². The molecule has 5 nitrogen and oxygen atoms in total. The molecule has 1 atom stereocenters. The van der Waals surface area contributed by atoms with Crippen LogP contribution >= 0.6 is 0 Å². The number of nitrogens with one attached hydrogen (secondary N) is 1. The molecule has 2 aromatic carbocycles. The van der Waals surface area contributed by atoms with Gasteiger partial charge in [-0.15, -0.1) is 0 Å². The number of benzene rings is 2. The normalized spacial score (nSPS) is 16.6. The van der Waals surface area contributed by atoms with E-state index in [2.05, 4.69) is 5.32 Å². The van der Waals surface area contributed by atoms with Crippen LogP contribution in [0.25, 0.3) is 0 Å². The van der Waals surface area contributed by atoms with Crippen LogP contribution in [0.1, 0.15) is 17.5 Å². The Morgan fingerprint density at radius 3 is 2.54 bits per heavy atom. The molecule has 0 radical (unpaired) electrons. The zero-order valence-electron chi connectivity index (χ0n) is 15.0. The van der Waals surface area contributed by atoms with Crippen LogP contribution in [0, 0.1) is 5.92 Å². The molecule has 2 amide bonds. The number of nitrogens with zero attached hydrogens (tertiary/aromatic N) is 1. The van der Waals surface area contributed by atoms with Gasteiger partial charge in [0.1, 0.15) is 5.75 Å². The Kier molecular flexibility index (Phi) is 5.89. The van der Waals surface area contributed by atoms with E-state index in [1.165, 1.54) is 0 Å². The summed E-state index contributed by atoms with van der Waals surface area (Å²) in [5, 5.41) is 2.94. The first-order chi connectivity index (χ1) is 12.7. The fourth-order valence-corrected chi connectivity index (χ4v) is 3.15. The number of rotatable bonds is 7. The first-order valence-corrected chi connectivity index (χ1v) is 8.88. The molecule has 0 saturated carbocycles. The molecular weight excluding hydrogens is 328 g/mol. The van der Waals surface area contributed by atoms with Gasteiger partial charge in [-0.2, -0.15) is 0 Å². The number of methoxy groups -OCH3 is 1. The summed E-state index contributed by atoms with van der Waals surface area (Å²) in [6.45, 7) is 1.62. The lowest BCUT2D eigenvalue weighted by Crippen LogP contribution is -2.33. The van der Waals surface area contributed by atoms with E-state index in [1.54, 1.807) is 12.0 Å². The third kappa shape index (κ3) is 4.63. The highest BCUT2D eigenvalue weighted by Gasteiger charge is 2.33. The van der Waals surface area contributed by atoms with Crippen LogP contribution in [-0.2, 0) is 22.6 Å². The van der Waals surface area contributed by atoms with E-state index >= 15 is 0 Å². The van der Waals surface area contributed by atoms with Gasteiger partial charge in [0.05, 0.1) is 13.0 Å². The van der Waals surface area contributed by atoms with Crippen molar-refractivity contribution in [1.82, 2.24) is 10.2 Å². The highest BCUT2D eigenvalue weighted by Crippen LogP contribution is 2.19. The number of ether oxygens (including phenoxy) is 1. The molecule has 26 heavy (non-hydrogen) atoms. The zero-order valence-corrected chi connectivity index (χ0v) is 15.0. The molecule has 3 rings (SSSR count). The molecule has 1 aliphatic heterocycles. The largest absolute Gasteiger partial charge is 0.497 e. The molecule has 1 fully saturated rings. The SMILES string of the molecule is COc1ccc(CCN2CC(C(=O)NCc3ccccc3)CC2=O)cc1. The third-order valence-corrected chi connectivity index (χ3v) is 4.72. The fourth-order valence-electron chi connectivity index (χ4n) is 3.15. The summed E-state index contributed by atoms with van der Waals surface area (Å²) in [7, 11) is 1.64. The molecule has 136 valence electrons. The molecule has 2 aromatic rings. The van der Waals surface area contributed by atoms with Gasteiger partial charge < -0.3 is 15.0 Å². The van der Waals surface area contributed by atoms with Crippen molar-refractivity contribution in [3.05, 3.63) is 65.7 Å². The summed E-state index contributed by atoms with van der Waals surface area (Å²) in [6, 6.07) is 17.6. The van der Waals surface area contributed by atoms with Crippen molar-refractivity contribution >= 4 is 11.8 Å². The van der Waals surface area contributed by atoms with Crippen molar-refractivity contribution in [2.75, 3.05) is 20.2 Å². The Labute approximate surface area is 154 Å². The monoisotopic (exact) mass is 352 g/mol. The van der Waals surface area contributed by atoms with Crippen molar-refractivity contribution in [2.24, 2.45) is 5.92 Å². The smallest absolute Gasteiger partial charge is 0.225 e. The van der Waals surface area contributed by atoms with Gasteiger partial charge in [0, 0.05) is 26.1 Å². The predicted molar refractivity (Wildman–Crippen MR) is 99.7 cm³/mol. The van der Waals surface area contributed by atoms with E-state index in [0.717, 1.165) is 23.3 Å². The summed E-state index contributed by atoms with van der Waals surface area (Å²) < 4.78 is 5.15. The minimum absolute atomic E-state index is 0.0471. The summed E-state index contributed by atoms with van der Waals surface area (Å²) in [4.78, 5) is 26.4. The molecule has 0 bridgehead atoms. The Balaban J connectivity index is 1.47. The number of carbonyl (C=O) groups excluding carboxylic acids is 2.